The van der Waals surface area contributed by atoms with Gasteiger partial charge in [0, 0.05) is 12.1 Å². The Bertz CT molecular complexity index is 336. The molecule has 0 radical (unpaired) electrons. The fraction of sp³-hybridized carbons (Fsp3) is 0.636. The molecule has 1 fully saturated rings. The fourth-order valence-corrected chi connectivity index (χ4v) is 2.04. The van der Waals surface area contributed by atoms with E-state index in [1.165, 1.54) is 4.90 Å². The Morgan fingerprint density at radius 2 is 2.06 bits per heavy atom. The molecular weight excluding hydrogens is 208 g/mol. The maximum Gasteiger partial charge on any atom is 0.323 e. The number of carbonyl (C=O) groups excluding carboxylic acids is 1. The maximum atomic E-state index is 12.1. The van der Waals surface area contributed by atoms with Gasteiger partial charge in [-0.05, 0) is 19.3 Å². The second kappa shape index (κ2) is 4.25. The van der Waals surface area contributed by atoms with E-state index >= 15 is 0 Å². The summed E-state index contributed by atoms with van der Waals surface area (Å²) in [5, 5.41) is 8.77. The molecule has 2 aliphatic carbocycles. The van der Waals surface area contributed by atoms with Crippen LogP contribution in [0.3, 0.4) is 0 Å². The third-order valence-electron chi connectivity index (χ3n) is 3.01. The van der Waals surface area contributed by atoms with Crippen LogP contribution in [0.1, 0.15) is 19.3 Å². The first kappa shape index (κ1) is 11.1. The molecule has 5 nitrogen and oxygen atoms in total. The Hall–Kier alpha value is -1.36. The van der Waals surface area contributed by atoms with Gasteiger partial charge in [-0.15, -0.1) is 0 Å². The van der Waals surface area contributed by atoms with Gasteiger partial charge < -0.3 is 15.7 Å². The summed E-state index contributed by atoms with van der Waals surface area (Å²) in [4.78, 5) is 24.2. The average molecular weight is 224 g/mol. The van der Waals surface area contributed by atoms with Gasteiger partial charge in [0.15, 0.2) is 0 Å². The van der Waals surface area contributed by atoms with Gasteiger partial charge >= 0.3 is 5.97 Å². The Kier molecular flexibility index (Phi) is 2.96. The molecular formula is C11H16N2O3. The van der Waals surface area contributed by atoms with Crippen LogP contribution >= 0.6 is 0 Å². The standard InChI is InChI=1S/C11H16N2O3/c12-8-2-1-7(5-8)11(16)13(6-10(14)15)9-3-4-9/h1-2,7-9H,3-6,12H2,(H,14,15). The molecule has 0 aromatic rings. The van der Waals surface area contributed by atoms with Crippen molar-refractivity contribution in [1.29, 1.82) is 0 Å². The Labute approximate surface area is 93.9 Å². The van der Waals surface area contributed by atoms with Crippen molar-refractivity contribution in [2.24, 2.45) is 11.7 Å². The van der Waals surface area contributed by atoms with E-state index in [2.05, 4.69) is 0 Å². The largest absolute Gasteiger partial charge is 0.480 e. The molecule has 2 unspecified atom stereocenters. The van der Waals surface area contributed by atoms with Crippen molar-refractivity contribution in [2.75, 3.05) is 6.54 Å². The van der Waals surface area contributed by atoms with Gasteiger partial charge in [0.2, 0.25) is 5.91 Å². The fourth-order valence-electron chi connectivity index (χ4n) is 2.04. The predicted molar refractivity (Wildman–Crippen MR) is 57.6 cm³/mol. The van der Waals surface area contributed by atoms with Gasteiger partial charge in [-0.2, -0.15) is 0 Å². The lowest BCUT2D eigenvalue weighted by Crippen LogP contribution is -2.41. The number of nitrogens with two attached hydrogens (primary N) is 1. The van der Waals surface area contributed by atoms with Crippen molar-refractivity contribution in [3.05, 3.63) is 12.2 Å². The zero-order valence-electron chi connectivity index (χ0n) is 9.00. The topological polar surface area (TPSA) is 83.6 Å². The zero-order valence-corrected chi connectivity index (χ0v) is 9.00. The van der Waals surface area contributed by atoms with E-state index in [9.17, 15) is 9.59 Å². The van der Waals surface area contributed by atoms with Crippen LogP contribution in [0, 0.1) is 5.92 Å². The molecule has 16 heavy (non-hydrogen) atoms. The maximum absolute atomic E-state index is 12.1. The summed E-state index contributed by atoms with van der Waals surface area (Å²) in [5.74, 6) is -1.27. The summed E-state index contributed by atoms with van der Waals surface area (Å²) in [6, 6.07) is 0.0636. The van der Waals surface area contributed by atoms with Gasteiger partial charge in [0.05, 0.1) is 5.92 Å². The van der Waals surface area contributed by atoms with Crippen molar-refractivity contribution in [2.45, 2.75) is 31.3 Å². The lowest BCUT2D eigenvalue weighted by Gasteiger charge is -2.23. The molecule has 0 spiro atoms. The zero-order chi connectivity index (χ0) is 11.7. The van der Waals surface area contributed by atoms with Crippen LogP contribution in [0.2, 0.25) is 0 Å². The van der Waals surface area contributed by atoms with Crippen LogP contribution in [-0.2, 0) is 9.59 Å². The second-order valence-electron chi connectivity index (χ2n) is 4.48. The quantitative estimate of drug-likeness (QED) is 0.656. The highest BCUT2D eigenvalue weighted by atomic mass is 16.4. The summed E-state index contributed by atoms with van der Waals surface area (Å²) < 4.78 is 0. The minimum atomic E-state index is -0.952. The van der Waals surface area contributed by atoms with E-state index in [1.54, 1.807) is 6.08 Å². The van der Waals surface area contributed by atoms with Crippen molar-refractivity contribution in [3.63, 3.8) is 0 Å². The first-order chi connectivity index (χ1) is 7.58. The summed E-state index contributed by atoms with van der Waals surface area (Å²) in [6.45, 7) is -0.191. The average Bonchev–Trinajstić information content (AvgIpc) is 2.96. The van der Waals surface area contributed by atoms with Gasteiger partial charge in [-0.1, -0.05) is 12.2 Å². The van der Waals surface area contributed by atoms with E-state index < -0.39 is 5.97 Å². The van der Waals surface area contributed by atoms with E-state index in [1.807, 2.05) is 6.08 Å². The normalized spacial score (nSPS) is 28.1. The lowest BCUT2D eigenvalue weighted by molar-refractivity contribution is -0.146. The first-order valence-corrected chi connectivity index (χ1v) is 5.54. The molecule has 2 atom stereocenters. The number of nitrogens with zero attached hydrogens (tertiary/aromatic N) is 1. The molecule has 3 N–H and O–H groups in total. The van der Waals surface area contributed by atoms with Crippen LogP contribution in [0.5, 0.6) is 0 Å². The highest BCUT2D eigenvalue weighted by Gasteiger charge is 2.37. The SMILES string of the molecule is NC1C=CC(C(=O)N(CC(=O)O)C2CC2)C1. The van der Waals surface area contributed by atoms with Gasteiger partial charge in [0.1, 0.15) is 6.54 Å². The number of aliphatic carboxylic acids is 1. The number of rotatable bonds is 4. The summed E-state index contributed by atoms with van der Waals surface area (Å²) in [5.41, 5.74) is 5.68. The monoisotopic (exact) mass is 224 g/mol. The number of carbonyl (C=O) groups is 2. The van der Waals surface area contributed by atoms with Crippen molar-refractivity contribution in [3.8, 4) is 0 Å². The molecule has 88 valence electrons. The number of hydrogen-bond donors (Lipinski definition) is 2. The third-order valence-corrected chi connectivity index (χ3v) is 3.01. The van der Waals surface area contributed by atoms with E-state index in [4.69, 9.17) is 10.8 Å². The summed E-state index contributed by atoms with van der Waals surface area (Å²) in [6.07, 6.45) is 6.04. The van der Waals surface area contributed by atoms with Crippen LogP contribution in [0.15, 0.2) is 12.2 Å². The Balaban J connectivity index is 1.99. The molecule has 0 aromatic heterocycles. The smallest absolute Gasteiger partial charge is 0.323 e. The van der Waals surface area contributed by atoms with Crippen LogP contribution in [-0.4, -0.2) is 40.5 Å². The molecule has 0 bridgehead atoms. The molecule has 2 rings (SSSR count). The summed E-state index contributed by atoms with van der Waals surface area (Å²) in [7, 11) is 0. The second-order valence-corrected chi connectivity index (χ2v) is 4.48. The van der Waals surface area contributed by atoms with E-state index in [0.29, 0.717) is 6.42 Å². The minimum absolute atomic E-state index is 0.0696. The van der Waals surface area contributed by atoms with E-state index in [-0.39, 0.29) is 30.5 Å². The van der Waals surface area contributed by atoms with Crippen LogP contribution < -0.4 is 5.73 Å². The van der Waals surface area contributed by atoms with Gasteiger partial charge in [-0.25, -0.2) is 0 Å². The molecule has 0 aromatic carbocycles. The minimum Gasteiger partial charge on any atom is -0.480 e. The van der Waals surface area contributed by atoms with Crippen molar-refractivity contribution in [1.82, 2.24) is 4.90 Å². The molecule has 0 heterocycles. The molecule has 0 aliphatic heterocycles. The highest BCUT2D eigenvalue weighted by molar-refractivity contribution is 5.85. The van der Waals surface area contributed by atoms with Crippen LogP contribution in [0.4, 0.5) is 0 Å². The van der Waals surface area contributed by atoms with E-state index in [0.717, 1.165) is 12.8 Å². The first-order valence-electron chi connectivity index (χ1n) is 5.54. The Morgan fingerprint density at radius 3 is 2.50 bits per heavy atom. The van der Waals surface area contributed by atoms with Gasteiger partial charge in [-0.3, -0.25) is 9.59 Å². The summed E-state index contributed by atoms with van der Waals surface area (Å²) >= 11 is 0. The number of carboxylic acids is 1. The van der Waals surface area contributed by atoms with Crippen molar-refractivity contribution >= 4 is 11.9 Å². The predicted octanol–water partition coefficient (Wildman–Crippen LogP) is -0.0346. The third kappa shape index (κ3) is 2.41. The Morgan fingerprint density at radius 1 is 1.38 bits per heavy atom. The molecule has 2 aliphatic rings. The van der Waals surface area contributed by atoms with Crippen LogP contribution in [0.25, 0.3) is 0 Å². The number of amides is 1. The number of hydrogen-bond acceptors (Lipinski definition) is 3. The molecule has 5 heteroatoms. The highest BCUT2D eigenvalue weighted by Crippen LogP contribution is 2.30. The number of carboxylic acid groups (broad SMARTS) is 1. The molecule has 1 saturated carbocycles. The molecule has 0 saturated heterocycles. The van der Waals surface area contributed by atoms with Crippen molar-refractivity contribution < 1.29 is 14.7 Å². The van der Waals surface area contributed by atoms with Gasteiger partial charge in [0.25, 0.3) is 0 Å². The lowest BCUT2D eigenvalue weighted by atomic mass is 10.1. The molecule has 1 amide bonds.